The molecular formula is C19H22FN3O4. The van der Waals surface area contributed by atoms with Crippen LogP contribution in [0.25, 0.3) is 11.4 Å². The van der Waals surface area contributed by atoms with Gasteiger partial charge >= 0.3 is 5.97 Å². The molecule has 1 aromatic carbocycles. The summed E-state index contributed by atoms with van der Waals surface area (Å²) in [6.45, 7) is 3.11. The van der Waals surface area contributed by atoms with Crippen molar-refractivity contribution in [3.8, 4) is 11.4 Å². The number of likely N-dealkylation sites (tertiary alicyclic amines) is 1. The zero-order valence-corrected chi connectivity index (χ0v) is 15.2. The molecule has 0 spiro atoms. The SMILES string of the molecule is CCOC(=O)C1CCCN(C(=O)CCc2nc(-c3ccccc3F)no2)C1. The fraction of sp³-hybridized carbons (Fsp3) is 0.474. The number of hydrogen-bond donors (Lipinski definition) is 0. The Hall–Kier alpha value is -2.77. The molecule has 1 amide bonds. The van der Waals surface area contributed by atoms with Crippen LogP contribution in [0.3, 0.4) is 0 Å². The van der Waals surface area contributed by atoms with Gasteiger partial charge in [0.15, 0.2) is 0 Å². The summed E-state index contributed by atoms with van der Waals surface area (Å²) in [5, 5.41) is 3.78. The van der Waals surface area contributed by atoms with Crippen LogP contribution in [0.4, 0.5) is 4.39 Å². The molecule has 7 nitrogen and oxygen atoms in total. The Balaban J connectivity index is 1.55. The number of esters is 1. The second kappa shape index (κ2) is 8.75. The van der Waals surface area contributed by atoms with Crippen LogP contribution in [0.2, 0.25) is 0 Å². The molecule has 3 rings (SSSR count). The van der Waals surface area contributed by atoms with Crippen LogP contribution < -0.4 is 0 Å². The van der Waals surface area contributed by atoms with Crippen LogP contribution in [0, 0.1) is 11.7 Å². The number of piperidine rings is 1. The van der Waals surface area contributed by atoms with E-state index in [0.29, 0.717) is 19.7 Å². The number of halogens is 1. The summed E-state index contributed by atoms with van der Waals surface area (Å²) in [5.41, 5.74) is 0.257. The molecule has 1 unspecified atom stereocenters. The highest BCUT2D eigenvalue weighted by atomic mass is 19.1. The van der Waals surface area contributed by atoms with Gasteiger partial charge in [-0.05, 0) is 31.9 Å². The fourth-order valence-electron chi connectivity index (χ4n) is 3.14. The van der Waals surface area contributed by atoms with Crippen molar-refractivity contribution in [2.75, 3.05) is 19.7 Å². The summed E-state index contributed by atoms with van der Waals surface area (Å²) >= 11 is 0. The third-order valence-corrected chi connectivity index (χ3v) is 4.53. The summed E-state index contributed by atoms with van der Waals surface area (Å²) in [6.07, 6.45) is 1.96. The Morgan fingerprint density at radius 3 is 2.96 bits per heavy atom. The molecule has 8 heteroatoms. The summed E-state index contributed by atoms with van der Waals surface area (Å²) in [7, 11) is 0. The first kappa shape index (κ1) is 19.0. The average molecular weight is 375 g/mol. The molecule has 1 fully saturated rings. The van der Waals surface area contributed by atoms with E-state index in [1.54, 1.807) is 30.0 Å². The van der Waals surface area contributed by atoms with E-state index in [9.17, 15) is 14.0 Å². The van der Waals surface area contributed by atoms with Gasteiger partial charge in [0.25, 0.3) is 0 Å². The zero-order valence-electron chi connectivity index (χ0n) is 15.2. The molecular weight excluding hydrogens is 353 g/mol. The predicted octanol–water partition coefficient (Wildman–Crippen LogP) is 2.61. The second-order valence-corrected chi connectivity index (χ2v) is 6.42. The number of nitrogens with zero attached hydrogens (tertiary/aromatic N) is 3. The van der Waals surface area contributed by atoms with E-state index in [2.05, 4.69) is 10.1 Å². The van der Waals surface area contributed by atoms with Gasteiger partial charge in [0.1, 0.15) is 5.82 Å². The molecule has 2 heterocycles. The first-order chi connectivity index (χ1) is 13.1. The van der Waals surface area contributed by atoms with Crippen molar-refractivity contribution in [2.24, 2.45) is 5.92 Å². The standard InChI is InChI=1S/C19H22FN3O4/c1-2-26-19(25)13-6-5-11-23(12-13)17(24)10-9-16-21-18(22-27-16)14-7-3-4-8-15(14)20/h3-4,7-8,13H,2,5-6,9-12H2,1H3. The molecule has 1 aliphatic heterocycles. The lowest BCUT2D eigenvalue weighted by atomic mass is 9.98. The van der Waals surface area contributed by atoms with E-state index < -0.39 is 5.82 Å². The van der Waals surface area contributed by atoms with Crippen LogP contribution in [0.5, 0.6) is 0 Å². The highest BCUT2D eigenvalue weighted by molar-refractivity contribution is 5.78. The Kier molecular flexibility index (Phi) is 6.16. The predicted molar refractivity (Wildman–Crippen MR) is 94.0 cm³/mol. The van der Waals surface area contributed by atoms with Crippen LogP contribution in [-0.4, -0.2) is 46.6 Å². The van der Waals surface area contributed by atoms with Crippen LogP contribution >= 0.6 is 0 Å². The van der Waals surface area contributed by atoms with Crippen LogP contribution in [-0.2, 0) is 20.7 Å². The molecule has 144 valence electrons. The normalized spacial score (nSPS) is 17.0. The Labute approximate surface area is 156 Å². The number of hydrogen-bond acceptors (Lipinski definition) is 6. The molecule has 1 aromatic heterocycles. The molecule has 0 N–H and O–H groups in total. The lowest BCUT2D eigenvalue weighted by molar-refractivity contribution is -0.151. The molecule has 1 aliphatic rings. The van der Waals surface area contributed by atoms with Gasteiger partial charge in [-0.3, -0.25) is 9.59 Å². The number of aryl methyl sites for hydroxylation is 1. The highest BCUT2D eigenvalue weighted by Gasteiger charge is 2.29. The maximum absolute atomic E-state index is 13.8. The smallest absolute Gasteiger partial charge is 0.310 e. The summed E-state index contributed by atoms with van der Waals surface area (Å²) in [5.74, 6) is -0.578. The van der Waals surface area contributed by atoms with Gasteiger partial charge < -0.3 is 14.2 Å². The quantitative estimate of drug-likeness (QED) is 0.722. The fourth-order valence-corrected chi connectivity index (χ4v) is 3.14. The third kappa shape index (κ3) is 4.69. The van der Waals surface area contributed by atoms with E-state index >= 15 is 0 Å². The number of rotatable bonds is 6. The number of ether oxygens (including phenoxy) is 1. The minimum atomic E-state index is -0.431. The summed E-state index contributed by atoms with van der Waals surface area (Å²) in [6, 6.07) is 6.17. The minimum Gasteiger partial charge on any atom is -0.466 e. The number of carbonyl (C=O) groups excluding carboxylic acids is 2. The van der Waals surface area contributed by atoms with Crippen LogP contribution in [0.1, 0.15) is 32.1 Å². The monoisotopic (exact) mass is 375 g/mol. The molecule has 27 heavy (non-hydrogen) atoms. The van der Waals surface area contributed by atoms with E-state index in [4.69, 9.17) is 9.26 Å². The largest absolute Gasteiger partial charge is 0.466 e. The van der Waals surface area contributed by atoms with Crippen molar-refractivity contribution in [1.82, 2.24) is 15.0 Å². The van der Waals surface area contributed by atoms with Gasteiger partial charge in [-0.25, -0.2) is 4.39 Å². The Morgan fingerprint density at radius 2 is 2.19 bits per heavy atom. The molecule has 0 saturated carbocycles. The van der Waals surface area contributed by atoms with Crippen molar-refractivity contribution >= 4 is 11.9 Å². The van der Waals surface area contributed by atoms with Gasteiger partial charge in [-0.15, -0.1) is 0 Å². The van der Waals surface area contributed by atoms with E-state index in [0.717, 1.165) is 12.8 Å². The lowest BCUT2D eigenvalue weighted by Crippen LogP contribution is -2.42. The zero-order chi connectivity index (χ0) is 19.2. The number of benzene rings is 1. The Bertz CT molecular complexity index is 808. The molecule has 0 bridgehead atoms. The van der Waals surface area contributed by atoms with Crippen LogP contribution in [0.15, 0.2) is 28.8 Å². The van der Waals surface area contributed by atoms with Gasteiger partial charge in [-0.2, -0.15) is 4.98 Å². The van der Waals surface area contributed by atoms with Crippen molar-refractivity contribution in [1.29, 1.82) is 0 Å². The van der Waals surface area contributed by atoms with Crippen molar-refractivity contribution in [3.05, 3.63) is 36.0 Å². The van der Waals surface area contributed by atoms with Crippen molar-refractivity contribution in [2.45, 2.75) is 32.6 Å². The first-order valence-corrected chi connectivity index (χ1v) is 9.10. The maximum Gasteiger partial charge on any atom is 0.310 e. The third-order valence-electron chi connectivity index (χ3n) is 4.53. The Morgan fingerprint density at radius 1 is 1.37 bits per heavy atom. The number of aromatic nitrogens is 2. The van der Waals surface area contributed by atoms with E-state index in [1.165, 1.54) is 6.07 Å². The van der Waals surface area contributed by atoms with E-state index in [1.807, 2.05) is 0 Å². The summed E-state index contributed by atoms with van der Waals surface area (Å²) in [4.78, 5) is 30.2. The molecule has 2 aromatic rings. The first-order valence-electron chi connectivity index (χ1n) is 9.10. The molecule has 1 atom stereocenters. The molecule has 0 aliphatic carbocycles. The van der Waals surface area contributed by atoms with E-state index in [-0.39, 0.29) is 47.9 Å². The topological polar surface area (TPSA) is 85.5 Å². The number of carbonyl (C=O) groups is 2. The maximum atomic E-state index is 13.8. The van der Waals surface area contributed by atoms with Gasteiger partial charge in [0, 0.05) is 25.9 Å². The summed E-state index contributed by atoms with van der Waals surface area (Å²) < 4.78 is 24.0. The van der Waals surface area contributed by atoms with Crippen molar-refractivity contribution in [3.63, 3.8) is 0 Å². The van der Waals surface area contributed by atoms with Gasteiger partial charge in [0.05, 0.1) is 18.1 Å². The average Bonchev–Trinajstić information content (AvgIpc) is 3.15. The van der Waals surface area contributed by atoms with Gasteiger partial charge in [0.2, 0.25) is 17.6 Å². The highest BCUT2D eigenvalue weighted by Crippen LogP contribution is 2.21. The van der Waals surface area contributed by atoms with Gasteiger partial charge in [-0.1, -0.05) is 17.3 Å². The second-order valence-electron chi connectivity index (χ2n) is 6.42. The minimum absolute atomic E-state index is 0.0744. The lowest BCUT2D eigenvalue weighted by Gasteiger charge is -2.31. The number of amides is 1. The van der Waals surface area contributed by atoms with Crippen molar-refractivity contribution < 1.29 is 23.2 Å². The molecule has 0 radical (unpaired) electrons. The molecule has 1 saturated heterocycles.